The molecule has 2 aromatic rings. The Balaban J connectivity index is 1.78. The fraction of sp³-hybridized carbons (Fsp3) is 0.278. The van der Waals surface area contributed by atoms with Crippen molar-refractivity contribution in [2.75, 3.05) is 26.8 Å². The molecule has 0 aliphatic carbocycles. The Morgan fingerprint density at radius 3 is 2.22 bits per heavy atom. The number of rotatable bonds is 7. The number of likely N-dealkylation sites (N-methyl/N-ethyl adjacent to an activating group) is 1. The second-order valence-electron chi connectivity index (χ2n) is 4.86. The van der Waals surface area contributed by atoms with Gasteiger partial charge >= 0.3 is 0 Å². The minimum atomic E-state index is 0.489. The first-order valence-electron chi connectivity index (χ1n) is 7.52. The van der Waals surface area contributed by atoms with E-state index in [4.69, 9.17) is 26.4 Å². The molecule has 0 spiro atoms. The van der Waals surface area contributed by atoms with E-state index in [1.54, 1.807) is 0 Å². The molecule has 2 rings (SSSR count). The summed E-state index contributed by atoms with van der Waals surface area (Å²) in [6.45, 7) is 3.69. The summed E-state index contributed by atoms with van der Waals surface area (Å²) in [6, 6.07) is 17.2. The Bertz CT molecular complexity index is 601. The summed E-state index contributed by atoms with van der Waals surface area (Å²) in [5.41, 5.74) is 0. The van der Waals surface area contributed by atoms with Crippen LogP contribution in [0.1, 0.15) is 6.92 Å². The van der Waals surface area contributed by atoms with Gasteiger partial charge in [-0.2, -0.15) is 0 Å². The maximum Gasteiger partial charge on any atom is 0.259 e. The zero-order valence-electron chi connectivity index (χ0n) is 13.4. The molecule has 0 atom stereocenters. The highest BCUT2D eigenvalue weighted by Crippen LogP contribution is 2.23. The van der Waals surface area contributed by atoms with Crippen LogP contribution < -0.4 is 9.47 Å². The molecule has 0 aliphatic rings. The van der Waals surface area contributed by atoms with E-state index >= 15 is 0 Å². The van der Waals surface area contributed by atoms with Crippen LogP contribution in [-0.2, 0) is 4.74 Å². The van der Waals surface area contributed by atoms with Crippen molar-refractivity contribution in [1.82, 2.24) is 4.90 Å². The average molecular weight is 331 g/mol. The van der Waals surface area contributed by atoms with Crippen molar-refractivity contribution >= 4 is 17.4 Å². The quantitative estimate of drug-likeness (QED) is 0.713. The van der Waals surface area contributed by atoms with E-state index in [0.717, 1.165) is 17.2 Å². The van der Waals surface area contributed by atoms with Gasteiger partial charge in [-0.25, -0.2) is 0 Å². The average Bonchev–Trinajstić information content (AvgIpc) is 2.57. The lowest BCUT2D eigenvalue weighted by Gasteiger charge is -2.19. The van der Waals surface area contributed by atoms with E-state index in [9.17, 15) is 0 Å². The van der Waals surface area contributed by atoms with Gasteiger partial charge in [-0.3, -0.25) is 0 Å². The Labute approximate surface area is 142 Å². The molecular weight excluding hydrogens is 310 g/mol. The van der Waals surface area contributed by atoms with Crippen LogP contribution in [0.25, 0.3) is 0 Å². The highest BCUT2D eigenvalue weighted by molar-refractivity contribution is 7.80. The smallest absolute Gasteiger partial charge is 0.259 e. The van der Waals surface area contributed by atoms with Crippen LogP contribution in [0, 0.1) is 0 Å². The zero-order valence-corrected chi connectivity index (χ0v) is 14.2. The first kappa shape index (κ1) is 17.1. The molecule has 122 valence electrons. The summed E-state index contributed by atoms with van der Waals surface area (Å²) >= 11 is 5.12. The van der Waals surface area contributed by atoms with Gasteiger partial charge in [0.1, 0.15) is 23.9 Å². The summed E-state index contributed by atoms with van der Waals surface area (Å²) in [5.74, 6) is 2.38. The number of nitrogens with zero attached hydrogens (tertiary/aromatic N) is 1. The summed E-state index contributed by atoms with van der Waals surface area (Å²) in [5, 5.41) is 0.489. The molecule has 0 saturated heterocycles. The summed E-state index contributed by atoms with van der Waals surface area (Å²) in [6.07, 6.45) is 0. The van der Waals surface area contributed by atoms with Crippen LogP contribution in [0.2, 0.25) is 0 Å². The minimum absolute atomic E-state index is 0.489. The van der Waals surface area contributed by atoms with Gasteiger partial charge < -0.3 is 19.1 Å². The predicted molar refractivity (Wildman–Crippen MR) is 95.3 cm³/mol. The van der Waals surface area contributed by atoms with E-state index in [1.165, 1.54) is 0 Å². The number of para-hydroxylation sites is 1. The van der Waals surface area contributed by atoms with E-state index < -0.39 is 0 Å². The second-order valence-corrected chi connectivity index (χ2v) is 5.20. The van der Waals surface area contributed by atoms with Crippen molar-refractivity contribution in [2.24, 2.45) is 0 Å². The van der Waals surface area contributed by atoms with Gasteiger partial charge in [0.2, 0.25) is 0 Å². The van der Waals surface area contributed by atoms with Gasteiger partial charge in [-0.1, -0.05) is 18.2 Å². The van der Waals surface area contributed by atoms with Crippen LogP contribution in [-0.4, -0.2) is 36.9 Å². The zero-order chi connectivity index (χ0) is 16.5. The van der Waals surface area contributed by atoms with Gasteiger partial charge in [-0.15, -0.1) is 0 Å². The molecule has 0 fully saturated rings. The van der Waals surface area contributed by atoms with Gasteiger partial charge in [0.15, 0.2) is 0 Å². The Hall–Kier alpha value is -2.27. The molecule has 0 radical (unpaired) electrons. The number of hydrogen-bond donors (Lipinski definition) is 0. The lowest BCUT2D eigenvalue weighted by atomic mass is 10.3. The standard InChI is InChI=1S/C18H21NO3S/c1-3-20-18(23)19(2)13-14-21-15-9-11-17(12-10-15)22-16-7-5-4-6-8-16/h4-12H,3,13-14H2,1-2H3. The van der Waals surface area contributed by atoms with E-state index in [-0.39, 0.29) is 0 Å². The number of thiocarbonyl (C=S) groups is 1. The molecular formula is C18H21NO3S. The summed E-state index contributed by atoms with van der Waals surface area (Å²) in [4.78, 5) is 1.85. The van der Waals surface area contributed by atoms with Crippen molar-refractivity contribution in [3.05, 3.63) is 54.6 Å². The van der Waals surface area contributed by atoms with Crippen molar-refractivity contribution in [3.63, 3.8) is 0 Å². The number of ether oxygens (including phenoxy) is 3. The van der Waals surface area contributed by atoms with Gasteiger partial charge in [-0.05, 0) is 55.5 Å². The molecule has 4 nitrogen and oxygen atoms in total. The molecule has 0 bridgehead atoms. The first-order chi connectivity index (χ1) is 11.2. The van der Waals surface area contributed by atoms with Gasteiger partial charge in [0.05, 0.1) is 13.2 Å². The van der Waals surface area contributed by atoms with E-state index in [0.29, 0.717) is 24.9 Å². The molecule has 0 saturated carbocycles. The number of hydrogen-bond acceptors (Lipinski definition) is 4. The molecule has 0 aliphatic heterocycles. The highest BCUT2D eigenvalue weighted by atomic mass is 32.1. The lowest BCUT2D eigenvalue weighted by Crippen LogP contribution is -2.31. The van der Waals surface area contributed by atoms with Crippen LogP contribution in [0.4, 0.5) is 0 Å². The van der Waals surface area contributed by atoms with E-state index in [2.05, 4.69) is 0 Å². The third-order valence-corrected chi connectivity index (χ3v) is 3.51. The normalized spacial score (nSPS) is 10.0. The van der Waals surface area contributed by atoms with Crippen molar-refractivity contribution in [1.29, 1.82) is 0 Å². The Morgan fingerprint density at radius 2 is 1.57 bits per heavy atom. The monoisotopic (exact) mass is 331 g/mol. The molecule has 23 heavy (non-hydrogen) atoms. The molecule has 0 heterocycles. The summed E-state index contributed by atoms with van der Waals surface area (Å²) < 4.78 is 16.7. The predicted octanol–water partition coefficient (Wildman–Crippen LogP) is 4.11. The van der Waals surface area contributed by atoms with Gasteiger partial charge in [0, 0.05) is 7.05 Å². The van der Waals surface area contributed by atoms with Crippen molar-refractivity contribution < 1.29 is 14.2 Å². The third kappa shape index (κ3) is 5.79. The molecule has 0 aromatic heterocycles. The molecule has 0 N–H and O–H groups in total. The Kier molecular flexibility index (Phi) is 6.69. The molecule has 0 amide bonds. The maximum absolute atomic E-state index is 5.74. The van der Waals surface area contributed by atoms with Crippen molar-refractivity contribution in [3.8, 4) is 17.2 Å². The molecule has 5 heteroatoms. The highest BCUT2D eigenvalue weighted by Gasteiger charge is 2.04. The van der Waals surface area contributed by atoms with Crippen molar-refractivity contribution in [2.45, 2.75) is 6.92 Å². The second kappa shape index (κ2) is 9.00. The molecule has 2 aromatic carbocycles. The molecule has 0 unspecified atom stereocenters. The maximum atomic E-state index is 5.74. The fourth-order valence-corrected chi connectivity index (χ4v) is 2.06. The van der Waals surface area contributed by atoms with Crippen LogP contribution in [0.5, 0.6) is 17.2 Å². The number of benzene rings is 2. The SMILES string of the molecule is CCOC(=S)N(C)CCOc1ccc(Oc2ccccc2)cc1. The Morgan fingerprint density at radius 1 is 0.957 bits per heavy atom. The first-order valence-corrected chi connectivity index (χ1v) is 7.93. The topological polar surface area (TPSA) is 30.9 Å². The fourth-order valence-electron chi connectivity index (χ4n) is 1.85. The van der Waals surface area contributed by atoms with Crippen LogP contribution in [0.3, 0.4) is 0 Å². The largest absolute Gasteiger partial charge is 0.492 e. The third-order valence-electron chi connectivity index (χ3n) is 3.08. The van der Waals surface area contributed by atoms with Gasteiger partial charge in [0.25, 0.3) is 5.17 Å². The van der Waals surface area contributed by atoms with E-state index in [1.807, 2.05) is 73.5 Å². The lowest BCUT2D eigenvalue weighted by molar-refractivity contribution is 0.237. The minimum Gasteiger partial charge on any atom is -0.492 e. The van der Waals surface area contributed by atoms with Crippen LogP contribution in [0.15, 0.2) is 54.6 Å². The van der Waals surface area contributed by atoms with Crippen LogP contribution >= 0.6 is 12.2 Å². The summed E-state index contributed by atoms with van der Waals surface area (Å²) in [7, 11) is 1.89.